The zero-order chi connectivity index (χ0) is 21.7. The van der Waals surface area contributed by atoms with E-state index in [0.29, 0.717) is 25.4 Å². The molecular weight excluding hydrogens is 419 g/mol. The summed E-state index contributed by atoms with van der Waals surface area (Å²) in [4.78, 5) is 23.9. The Morgan fingerprint density at radius 1 is 1.20 bits per heavy atom. The van der Waals surface area contributed by atoms with Crippen molar-refractivity contribution in [2.75, 3.05) is 44.2 Å². The van der Waals surface area contributed by atoms with Gasteiger partial charge in [0.1, 0.15) is 11.6 Å². The average molecular weight is 443 g/mol. The molecule has 0 unspecified atom stereocenters. The molecule has 0 bridgehead atoms. The summed E-state index contributed by atoms with van der Waals surface area (Å²) in [5.41, 5.74) is -0.963. The van der Waals surface area contributed by atoms with Gasteiger partial charge in [0.25, 0.3) is 5.91 Å². The van der Waals surface area contributed by atoms with E-state index in [0.717, 1.165) is 37.5 Å². The van der Waals surface area contributed by atoms with Gasteiger partial charge in [0.15, 0.2) is 16.6 Å². The SMILES string of the molecule is CCNC(=O)c1ccc(CSc2nc(N3CCN(CC)CC3)cc(C(F)(F)F)n2)o1. The second-order valence-electron chi connectivity index (χ2n) is 6.73. The van der Waals surface area contributed by atoms with E-state index in [1.54, 1.807) is 13.0 Å². The van der Waals surface area contributed by atoms with Gasteiger partial charge in [-0.3, -0.25) is 4.79 Å². The molecule has 0 aliphatic carbocycles. The molecule has 164 valence electrons. The molecule has 3 heterocycles. The summed E-state index contributed by atoms with van der Waals surface area (Å²) in [5.74, 6) is 0.770. The Balaban J connectivity index is 1.74. The van der Waals surface area contributed by atoms with E-state index < -0.39 is 11.9 Å². The van der Waals surface area contributed by atoms with Crippen LogP contribution in [0.15, 0.2) is 27.8 Å². The lowest BCUT2D eigenvalue weighted by atomic mass is 10.3. The van der Waals surface area contributed by atoms with Crippen LogP contribution in [0.3, 0.4) is 0 Å². The van der Waals surface area contributed by atoms with Crippen molar-refractivity contribution in [2.45, 2.75) is 30.9 Å². The van der Waals surface area contributed by atoms with E-state index in [2.05, 4.69) is 27.1 Å². The molecule has 1 aliphatic rings. The molecule has 11 heteroatoms. The van der Waals surface area contributed by atoms with Crippen molar-refractivity contribution < 1.29 is 22.4 Å². The summed E-state index contributed by atoms with van der Waals surface area (Å²) in [6.07, 6.45) is -4.56. The standard InChI is InChI=1S/C19H24F3N5O2S/c1-3-23-17(28)14-6-5-13(29-14)12-30-18-24-15(19(20,21)22)11-16(25-18)27-9-7-26(4-2)8-10-27/h5-6,11H,3-4,7-10,12H2,1-2H3,(H,23,28). The molecule has 0 radical (unpaired) electrons. The number of alkyl halides is 3. The Hall–Kier alpha value is -2.27. The second-order valence-corrected chi connectivity index (χ2v) is 7.67. The summed E-state index contributed by atoms with van der Waals surface area (Å²) in [6, 6.07) is 4.16. The zero-order valence-electron chi connectivity index (χ0n) is 16.8. The number of nitrogens with zero attached hydrogens (tertiary/aromatic N) is 4. The number of rotatable bonds is 7. The number of aromatic nitrogens is 2. The molecule has 0 aromatic carbocycles. The quantitative estimate of drug-likeness (QED) is 0.520. The van der Waals surface area contributed by atoms with Gasteiger partial charge in [0.05, 0.1) is 5.75 Å². The highest BCUT2D eigenvalue weighted by atomic mass is 32.2. The number of halogens is 3. The minimum Gasteiger partial charge on any atom is -0.455 e. The second kappa shape index (κ2) is 9.69. The molecule has 3 rings (SSSR count). The van der Waals surface area contributed by atoms with Crippen LogP contribution in [0.2, 0.25) is 0 Å². The third-order valence-electron chi connectivity index (χ3n) is 4.69. The van der Waals surface area contributed by atoms with Gasteiger partial charge in [0, 0.05) is 38.8 Å². The lowest BCUT2D eigenvalue weighted by molar-refractivity contribution is -0.141. The molecule has 7 nitrogen and oxygen atoms in total. The van der Waals surface area contributed by atoms with E-state index in [4.69, 9.17) is 4.42 Å². The lowest BCUT2D eigenvalue weighted by Crippen LogP contribution is -2.46. The Labute approximate surface area is 177 Å². The number of anilines is 1. The number of thioether (sulfide) groups is 1. The van der Waals surface area contributed by atoms with E-state index in [9.17, 15) is 18.0 Å². The smallest absolute Gasteiger partial charge is 0.433 e. The maximum atomic E-state index is 13.4. The molecular formula is C19H24F3N5O2S. The maximum absolute atomic E-state index is 13.4. The van der Waals surface area contributed by atoms with Crippen LogP contribution in [0.4, 0.5) is 19.0 Å². The minimum atomic E-state index is -4.56. The molecule has 1 amide bonds. The third kappa shape index (κ3) is 5.66. The molecule has 0 saturated carbocycles. The van der Waals surface area contributed by atoms with E-state index >= 15 is 0 Å². The monoisotopic (exact) mass is 443 g/mol. The highest BCUT2D eigenvalue weighted by Gasteiger charge is 2.34. The highest BCUT2D eigenvalue weighted by molar-refractivity contribution is 7.98. The van der Waals surface area contributed by atoms with Crippen LogP contribution in [0, 0.1) is 0 Å². The number of nitrogens with one attached hydrogen (secondary N) is 1. The first kappa shape index (κ1) is 22.4. The van der Waals surface area contributed by atoms with Gasteiger partial charge in [-0.15, -0.1) is 0 Å². The van der Waals surface area contributed by atoms with Crippen molar-refractivity contribution in [2.24, 2.45) is 0 Å². The number of amides is 1. The summed E-state index contributed by atoms with van der Waals surface area (Å²) in [6.45, 7) is 8.01. The van der Waals surface area contributed by atoms with Crippen molar-refractivity contribution in [3.05, 3.63) is 35.4 Å². The fourth-order valence-corrected chi connectivity index (χ4v) is 3.79. The number of hydrogen-bond donors (Lipinski definition) is 1. The number of piperazine rings is 1. The highest BCUT2D eigenvalue weighted by Crippen LogP contribution is 2.32. The summed E-state index contributed by atoms with van der Waals surface area (Å²) in [5, 5.41) is 2.65. The van der Waals surface area contributed by atoms with E-state index in [1.165, 1.54) is 6.07 Å². The number of hydrogen-bond acceptors (Lipinski definition) is 7. The predicted octanol–water partition coefficient (Wildman–Crippen LogP) is 3.27. The van der Waals surface area contributed by atoms with E-state index in [-0.39, 0.29) is 28.4 Å². The fraction of sp³-hybridized carbons (Fsp3) is 0.526. The van der Waals surface area contributed by atoms with Crippen molar-refractivity contribution in [3.63, 3.8) is 0 Å². The first-order valence-corrected chi connectivity index (χ1v) is 10.7. The van der Waals surface area contributed by atoms with Crippen LogP contribution in [0.25, 0.3) is 0 Å². The normalized spacial score (nSPS) is 15.4. The predicted molar refractivity (Wildman–Crippen MR) is 108 cm³/mol. The maximum Gasteiger partial charge on any atom is 0.433 e. The summed E-state index contributed by atoms with van der Waals surface area (Å²) in [7, 11) is 0. The summed E-state index contributed by atoms with van der Waals surface area (Å²) >= 11 is 1.04. The van der Waals surface area contributed by atoms with Gasteiger partial charge in [-0.05, 0) is 25.6 Å². The van der Waals surface area contributed by atoms with Crippen LogP contribution < -0.4 is 10.2 Å². The van der Waals surface area contributed by atoms with E-state index in [1.807, 2.05) is 4.90 Å². The first-order valence-electron chi connectivity index (χ1n) is 9.73. The lowest BCUT2D eigenvalue weighted by Gasteiger charge is -2.35. The average Bonchev–Trinajstić information content (AvgIpc) is 3.21. The number of likely N-dealkylation sites (N-methyl/N-ethyl adjacent to an activating group) is 1. The number of carbonyl (C=O) groups excluding carboxylic acids is 1. The Morgan fingerprint density at radius 2 is 1.93 bits per heavy atom. The minimum absolute atomic E-state index is 0.0219. The van der Waals surface area contributed by atoms with Crippen molar-refractivity contribution in [1.82, 2.24) is 20.2 Å². The molecule has 0 atom stereocenters. The van der Waals surface area contributed by atoms with Gasteiger partial charge >= 0.3 is 6.18 Å². The first-order chi connectivity index (χ1) is 14.3. The Kier molecular flexibility index (Phi) is 7.24. The van der Waals surface area contributed by atoms with Crippen molar-refractivity contribution in [1.29, 1.82) is 0 Å². The van der Waals surface area contributed by atoms with Crippen LogP contribution in [0.1, 0.15) is 35.9 Å². The van der Waals surface area contributed by atoms with Crippen molar-refractivity contribution in [3.8, 4) is 0 Å². The molecule has 1 aliphatic heterocycles. The third-order valence-corrected chi connectivity index (χ3v) is 5.56. The summed E-state index contributed by atoms with van der Waals surface area (Å²) < 4.78 is 45.6. The van der Waals surface area contributed by atoms with Gasteiger partial charge < -0.3 is 19.5 Å². The molecule has 1 N–H and O–H groups in total. The van der Waals surface area contributed by atoms with Crippen LogP contribution >= 0.6 is 11.8 Å². The molecule has 2 aromatic rings. The zero-order valence-corrected chi connectivity index (χ0v) is 17.6. The largest absolute Gasteiger partial charge is 0.455 e. The number of carbonyl (C=O) groups is 1. The van der Waals surface area contributed by atoms with Crippen LogP contribution in [-0.4, -0.2) is 60.0 Å². The van der Waals surface area contributed by atoms with Crippen LogP contribution in [-0.2, 0) is 11.9 Å². The Bertz CT molecular complexity index is 866. The molecule has 1 saturated heterocycles. The van der Waals surface area contributed by atoms with Crippen molar-refractivity contribution >= 4 is 23.5 Å². The molecule has 2 aromatic heterocycles. The molecule has 30 heavy (non-hydrogen) atoms. The van der Waals surface area contributed by atoms with Gasteiger partial charge in [0.2, 0.25) is 0 Å². The molecule has 0 spiro atoms. The Morgan fingerprint density at radius 3 is 2.57 bits per heavy atom. The van der Waals surface area contributed by atoms with Gasteiger partial charge in [-0.1, -0.05) is 18.7 Å². The fourth-order valence-electron chi connectivity index (χ4n) is 3.04. The van der Waals surface area contributed by atoms with Gasteiger partial charge in [-0.2, -0.15) is 13.2 Å². The number of furan rings is 1. The van der Waals surface area contributed by atoms with Crippen LogP contribution in [0.5, 0.6) is 0 Å². The van der Waals surface area contributed by atoms with Gasteiger partial charge in [-0.25, -0.2) is 9.97 Å². The molecule has 1 fully saturated rings. The topological polar surface area (TPSA) is 74.5 Å².